The Labute approximate surface area is 217 Å². The largest absolute Gasteiger partial charge is 0.457 e. The van der Waals surface area contributed by atoms with E-state index >= 15 is 0 Å². The first-order valence-electron chi connectivity index (χ1n) is 13.3. The first-order chi connectivity index (χ1) is 18.2. The van der Waals surface area contributed by atoms with E-state index in [4.69, 9.17) is 4.74 Å². The molecule has 37 heavy (non-hydrogen) atoms. The van der Waals surface area contributed by atoms with E-state index in [0.717, 1.165) is 29.0 Å². The number of ether oxygens (including phenoxy) is 1. The Morgan fingerprint density at radius 3 is 2.27 bits per heavy atom. The molecule has 2 fully saturated rings. The topological polar surface area (TPSA) is 50.4 Å². The molecule has 0 unspecified atom stereocenters. The highest BCUT2D eigenvalue weighted by atomic mass is 16.5. The highest BCUT2D eigenvalue weighted by molar-refractivity contribution is 6.04. The van der Waals surface area contributed by atoms with E-state index in [9.17, 15) is 4.79 Å². The van der Waals surface area contributed by atoms with Crippen LogP contribution in [-0.4, -0.2) is 5.91 Å². The Morgan fingerprint density at radius 2 is 1.49 bits per heavy atom. The van der Waals surface area contributed by atoms with Crippen molar-refractivity contribution < 1.29 is 9.53 Å². The van der Waals surface area contributed by atoms with Crippen LogP contribution in [0.3, 0.4) is 0 Å². The normalized spacial score (nSPS) is 25.0. The Kier molecular flexibility index (Phi) is 5.46. The number of nitrogens with one attached hydrogen (secondary N) is 2. The third-order valence-corrected chi connectivity index (χ3v) is 8.60. The average molecular weight is 487 g/mol. The van der Waals surface area contributed by atoms with Crippen LogP contribution in [0.4, 0.5) is 11.4 Å². The number of hydrogen-bond acceptors (Lipinski definition) is 3. The number of carbonyl (C=O) groups is 1. The van der Waals surface area contributed by atoms with Crippen molar-refractivity contribution in [2.75, 3.05) is 10.6 Å². The zero-order valence-corrected chi connectivity index (χ0v) is 20.6. The van der Waals surface area contributed by atoms with Gasteiger partial charge >= 0.3 is 0 Å². The second-order valence-corrected chi connectivity index (χ2v) is 10.7. The first kappa shape index (κ1) is 22.2. The van der Waals surface area contributed by atoms with E-state index < -0.39 is 0 Å². The van der Waals surface area contributed by atoms with Gasteiger partial charge in [-0.15, -0.1) is 0 Å². The summed E-state index contributed by atoms with van der Waals surface area (Å²) >= 11 is 0. The highest BCUT2D eigenvalue weighted by Gasteiger charge is 2.53. The van der Waals surface area contributed by atoms with Gasteiger partial charge in [-0.25, -0.2) is 0 Å². The molecule has 2 saturated carbocycles. The fraction of sp³-hybridized carbons (Fsp3) is 0.242. The number of anilines is 2. The summed E-state index contributed by atoms with van der Waals surface area (Å²) in [5, 5.41) is 6.94. The molecular weight excluding hydrogens is 456 g/mol. The maximum atomic E-state index is 13.3. The van der Waals surface area contributed by atoms with Crippen molar-refractivity contribution in [1.29, 1.82) is 0 Å². The Morgan fingerprint density at radius 1 is 0.784 bits per heavy atom. The van der Waals surface area contributed by atoms with Crippen molar-refractivity contribution >= 4 is 17.3 Å². The lowest BCUT2D eigenvalue weighted by Crippen LogP contribution is -2.35. The fourth-order valence-corrected chi connectivity index (χ4v) is 7.05. The van der Waals surface area contributed by atoms with Crippen molar-refractivity contribution in [1.82, 2.24) is 0 Å². The van der Waals surface area contributed by atoms with Crippen molar-refractivity contribution in [3.8, 4) is 11.5 Å². The van der Waals surface area contributed by atoms with E-state index in [1.807, 2.05) is 60.7 Å². The van der Waals surface area contributed by atoms with Gasteiger partial charge in [-0.1, -0.05) is 48.5 Å². The average Bonchev–Trinajstić information content (AvgIpc) is 3.58. The van der Waals surface area contributed by atoms with Gasteiger partial charge in [0.15, 0.2) is 0 Å². The number of carbonyl (C=O) groups excluding carboxylic acids is 1. The molecule has 2 N–H and O–H groups in total. The van der Waals surface area contributed by atoms with E-state index in [2.05, 4.69) is 53.1 Å². The van der Waals surface area contributed by atoms with E-state index in [-0.39, 0.29) is 5.91 Å². The summed E-state index contributed by atoms with van der Waals surface area (Å²) in [6, 6.07) is 34.6. The lowest BCUT2D eigenvalue weighted by molar-refractivity contribution is 0.102. The molecule has 4 aromatic rings. The summed E-state index contributed by atoms with van der Waals surface area (Å²) in [7, 11) is 0. The highest BCUT2D eigenvalue weighted by Crippen LogP contribution is 2.63. The number of fused-ring (bicyclic) bond motifs is 7. The third kappa shape index (κ3) is 4.07. The molecule has 1 heterocycles. The number of benzene rings is 4. The van der Waals surface area contributed by atoms with E-state index in [1.165, 1.54) is 36.1 Å². The lowest BCUT2D eigenvalue weighted by Gasteiger charge is -2.43. The monoisotopic (exact) mass is 486 g/mol. The molecule has 3 aliphatic rings. The zero-order valence-electron chi connectivity index (χ0n) is 20.6. The minimum Gasteiger partial charge on any atom is -0.457 e. The van der Waals surface area contributed by atoms with Crippen LogP contribution in [0.5, 0.6) is 11.5 Å². The van der Waals surface area contributed by atoms with Crippen LogP contribution in [0.15, 0.2) is 103 Å². The van der Waals surface area contributed by atoms with Crippen LogP contribution in [0.25, 0.3) is 0 Å². The van der Waals surface area contributed by atoms with Gasteiger partial charge in [0.2, 0.25) is 0 Å². The quantitative estimate of drug-likeness (QED) is 0.300. The number of rotatable bonds is 5. The minimum atomic E-state index is -0.0792. The van der Waals surface area contributed by atoms with Gasteiger partial charge in [-0.3, -0.25) is 4.79 Å². The van der Waals surface area contributed by atoms with Crippen molar-refractivity contribution in [2.24, 2.45) is 17.8 Å². The lowest BCUT2D eigenvalue weighted by atomic mass is 9.68. The third-order valence-electron chi connectivity index (χ3n) is 8.60. The van der Waals surface area contributed by atoms with Crippen LogP contribution >= 0.6 is 0 Å². The Hall–Kier alpha value is -4.05. The predicted molar refractivity (Wildman–Crippen MR) is 147 cm³/mol. The van der Waals surface area contributed by atoms with E-state index in [0.29, 0.717) is 23.4 Å². The van der Waals surface area contributed by atoms with Crippen LogP contribution < -0.4 is 15.4 Å². The first-order valence-corrected chi connectivity index (χ1v) is 13.3. The molecule has 0 spiro atoms. The minimum absolute atomic E-state index is 0.0792. The van der Waals surface area contributed by atoms with Gasteiger partial charge in [0.25, 0.3) is 5.91 Å². The molecule has 7 rings (SSSR count). The second kappa shape index (κ2) is 9.11. The molecular formula is C33H30N2O2. The van der Waals surface area contributed by atoms with Gasteiger partial charge in [0.05, 0.1) is 6.04 Å². The molecule has 2 bridgehead atoms. The van der Waals surface area contributed by atoms with Gasteiger partial charge in [-0.05, 0) is 109 Å². The van der Waals surface area contributed by atoms with Gasteiger partial charge < -0.3 is 15.4 Å². The number of hydrogen-bond donors (Lipinski definition) is 2. The van der Waals surface area contributed by atoms with Crippen LogP contribution in [-0.2, 0) is 0 Å². The summed E-state index contributed by atoms with van der Waals surface area (Å²) in [5.74, 6) is 4.03. The summed E-state index contributed by atoms with van der Waals surface area (Å²) in [6.07, 6.45) is 3.95. The molecule has 4 heteroatoms. The molecule has 4 aromatic carbocycles. The zero-order chi connectivity index (χ0) is 24.8. The Balaban J connectivity index is 1.12. The molecule has 0 radical (unpaired) electrons. The molecule has 0 saturated heterocycles. The summed E-state index contributed by atoms with van der Waals surface area (Å²) in [4.78, 5) is 13.3. The molecule has 184 valence electrons. The number of para-hydroxylation sites is 1. The summed E-state index contributed by atoms with van der Waals surface area (Å²) < 4.78 is 5.87. The molecule has 1 aliphatic heterocycles. The second-order valence-electron chi connectivity index (χ2n) is 10.7. The maximum Gasteiger partial charge on any atom is 0.255 e. The molecule has 5 atom stereocenters. The molecule has 2 aliphatic carbocycles. The van der Waals surface area contributed by atoms with Gasteiger partial charge in [0.1, 0.15) is 11.5 Å². The fourth-order valence-electron chi connectivity index (χ4n) is 7.05. The van der Waals surface area contributed by atoms with Gasteiger partial charge in [-0.2, -0.15) is 0 Å². The molecule has 1 amide bonds. The SMILES string of the molecule is O=C(Nc1ccc(Oc2ccccc2)cc1)c1ccc2c(c1)[C@@H]1[C@H]3CC[C@@H](C3)[C@H]1[C@@H](c1ccccc1)N2. The van der Waals surface area contributed by atoms with Crippen LogP contribution in [0.1, 0.15) is 52.7 Å². The summed E-state index contributed by atoms with van der Waals surface area (Å²) in [5.41, 5.74) is 5.34. The van der Waals surface area contributed by atoms with Crippen LogP contribution in [0.2, 0.25) is 0 Å². The standard InChI is InChI=1S/C33H30N2O2/c36-33(34-25-14-16-27(17-15-25)37-26-9-5-2-6-10-26)24-13-18-29-28(20-24)30-22-11-12-23(19-22)31(30)32(35-29)21-7-3-1-4-8-21/h1-10,13-18,20,22-23,30-32,35H,11-12,19H2,(H,34,36)/t22-,23-,30-,31+,32+/m0/s1. The van der Waals surface area contributed by atoms with Crippen molar-refractivity contribution in [3.63, 3.8) is 0 Å². The van der Waals surface area contributed by atoms with E-state index in [1.54, 1.807) is 0 Å². The van der Waals surface area contributed by atoms with Gasteiger partial charge in [0, 0.05) is 16.9 Å². The predicted octanol–water partition coefficient (Wildman–Crippen LogP) is 8.03. The van der Waals surface area contributed by atoms with Crippen molar-refractivity contribution in [3.05, 3.63) is 120 Å². The molecule has 0 aromatic heterocycles. The smallest absolute Gasteiger partial charge is 0.255 e. The maximum absolute atomic E-state index is 13.3. The summed E-state index contributed by atoms with van der Waals surface area (Å²) in [6.45, 7) is 0. The van der Waals surface area contributed by atoms with Crippen LogP contribution in [0, 0.1) is 17.8 Å². The molecule has 4 nitrogen and oxygen atoms in total. The van der Waals surface area contributed by atoms with Crippen molar-refractivity contribution in [2.45, 2.75) is 31.2 Å². The number of amides is 1. The Bertz CT molecular complexity index is 1420.